The third-order valence-electron chi connectivity index (χ3n) is 2.10. The van der Waals surface area contributed by atoms with E-state index in [4.69, 9.17) is 16.2 Å². The zero-order chi connectivity index (χ0) is 9.40. The van der Waals surface area contributed by atoms with Crippen LogP contribution >= 0.6 is 0 Å². The van der Waals surface area contributed by atoms with Gasteiger partial charge in [-0.3, -0.25) is 0 Å². The molecule has 3 heteroatoms. The van der Waals surface area contributed by atoms with E-state index in [2.05, 4.69) is 6.92 Å². The molecule has 0 saturated heterocycles. The third-order valence-corrected chi connectivity index (χ3v) is 2.10. The van der Waals surface area contributed by atoms with Crippen molar-refractivity contribution in [2.75, 3.05) is 7.11 Å². The summed E-state index contributed by atoms with van der Waals surface area (Å²) >= 11 is 0. The Labute approximate surface area is 75.5 Å². The normalized spacial score (nSPS) is 13.8. The maximum absolute atomic E-state index is 5.42. The van der Waals surface area contributed by atoms with Gasteiger partial charge in [0, 0.05) is 7.11 Å². The second-order valence-corrected chi connectivity index (χ2v) is 3.21. The van der Waals surface area contributed by atoms with Gasteiger partial charge in [0.1, 0.15) is 0 Å². The number of hydrogen-bond donors (Lipinski definition) is 2. The van der Waals surface area contributed by atoms with Crippen molar-refractivity contribution < 1.29 is 4.74 Å². The SMILES string of the molecule is CCC(CCCCC(N)N)OC. The van der Waals surface area contributed by atoms with Crippen molar-refractivity contribution in [2.24, 2.45) is 11.5 Å². The molecule has 0 aromatic heterocycles. The van der Waals surface area contributed by atoms with E-state index in [0.717, 1.165) is 32.1 Å². The number of unbranched alkanes of at least 4 members (excludes halogenated alkanes) is 1. The number of hydrogen-bond acceptors (Lipinski definition) is 3. The Bertz CT molecular complexity index is 92.5. The lowest BCUT2D eigenvalue weighted by Crippen LogP contribution is -2.29. The maximum Gasteiger partial charge on any atom is 0.0568 e. The van der Waals surface area contributed by atoms with E-state index >= 15 is 0 Å². The van der Waals surface area contributed by atoms with E-state index in [9.17, 15) is 0 Å². The molecule has 1 atom stereocenters. The van der Waals surface area contributed by atoms with Gasteiger partial charge in [0.05, 0.1) is 12.3 Å². The molecule has 0 aliphatic carbocycles. The van der Waals surface area contributed by atoms with Gasteiger partial charge in [0.2, 0.25) is 0 Å². The highest BCUT2D eigenvalue weighted by molar-refractivity contribution is 4.57. The number of methoxy groups -OCH3 is 1. The highest BCUT2D eigenvalue weighted by atomic mass is 16.5. The van der Waals surface area contributed by atoms with Crippen molar-refractivity contribution in [1.29, 1.82) is 0 Å². The van der Waals surface area contributed by atoms with Crippen LogP contribution in [0.15, 0.2) is 0 Å². The molecule has 0 heterocycles. The third kappa shape index (κ3) is 6.58. The van der Waals surface area contributed by atoms with Gasteiger partial charge in [-0.1, -0.05) is 19.8 Å². The maximum atomic E-state index is 5.42. The molecule has 0 aliphatic rings. The van der Waals surface area contributed by atoms with Crippen molar-refractivity contribution in [1.82, 2.24) is 0 Å². The summed E-state index contributed by atoms with van der Waals surface area (Å²) in [6, 6.07) is 0. The fourth-order valence-corrected chi connectivity index (χ4v) is 1.24. The average Bonchev–Trinajstić information content (AvgIpc) is 2.04. The molecule has 0 saturated carbocycles. The van der Waals surface area contributed by atoms with Gasteiger partial charge in [0.15, 0.2) is 0 Å². The van der Waals surface area contributed by atoms with Crippen LogP contribution < -0.4 is 11.5 Å². The lowest BCUT2D eigenvalue weighted by molar-refractivity contribution is 0.0896. The molecule has 74 valence electrons. The zero-order valence-electron chi connectivity index (χ0n) is 8.25. The summed E-state index contributed by atoms with van der Waals surface area (Å²) in [6.07, 6.45) is 5.67. The summed E-state index contributed by atoms with van der Waals surface area (Å²) in [5, 5.41) is 0. The number of ether oxygens (including phenoxy) is 1. The summed E-state index contributed by atoms with van der Waals surface area (Å²) in [5.74, 6) is 0. The first kappa shape index (κ1) is 11.9. The van der Waals surface area contributed by atoms with Crippen molar-refractivity contribution in [2.45, 2.75) is 51.3 Å². The molecule has 0 spiro atoms. The molecule has 0 radical (unpaired) electrons. The molecule has 12 heavy (non-hydrogen) atoms. The Morgan fingerprint density at radius 2 is 1.75 bits per heavy atom. The van der Waals surface area contributed by atoms with Gasteiger partial charge in [0.25, 0.3) is 0 Å². The van der Waals surface area contributed by atoms with Gasteiger partial charge < -0.3 is 16.2 Å². The van der Waals surface area contributed by atoms with Crippen LogP contribution in [0.5, 0.6) is 0 Å². The largest absolute Gasteiger partial charge is 0.381 e. The van der Waals surface area contributed by atoms with Crippen LogP contribution in [0.3, 0.4) is 0 Å². The van der Waals surface area contributed by atoms with Crippen LogP contribution in [0.1, 0.15) is 39.0 Å². The summed E-state index contributed by atoms with van der Waals surface area (Å²) in [6.45, 7) is 2.14. The Morgan fingerprint density at radius 3 is 2.17 bits per heavy atom. The van der Waals surface area contributed by atoms with Crippen molar-refractivity contribution in [3.63, 3.8) is 0 Å². The summed E-state index contributed by atoms with van der Waals surface area (Å²) in [7, 11) is 1.77. The lowest BCUT2D eigenvalue weighted by Gasteiger charge is -2.12. The second kappa shape index (κ2) is 7.53. The van der Waals surface area contributed by atoms with E-state index in [-0.39, 0.29) is 6.17 Å². The summed E-state index contributed by atoms with van der Waals surface area (Å²) in [4.78, 5) is 0. The molecule has 0 aromatic carbocycles. The molecule has 0 fully saturated rings. The van der Waals surface area contributed by atoms with E-state index in [0.29, 0.717) is 6.10 Å². The van der Waals surface area contributed by atoms with Gasteiger partial charge in [-0.2, -0.15) is 0 Å². The van der Waals surface area contributed by atoms with E-state index in [1.165, 1.54) is 0 Å². The summed E-state index contributed by atoms with van der Waals surface area (Å²) in [5.41, 5.74) is 10.8. The van der Waals surface area contributed by atoms with Gasteiger partial charge in [-0.05, 0) is 19.3 Å². The van der Waals surface area contributed by atoms with Crippen LogP contribution in [0.25, 0.3) is 0 Å². The predicted octanol–water partition coefficient (Wildman–Crippen LogP) is 1.22. The molecule has 0 amide bonds. The van der Waals surface area contributed by atoms with Crippen LogP contribution in [0.4, 0.5) is 0 Å². The van der Waals surface area contributed by atoms with Crippen LogP contribution in [0.2, 0.25) is 0 Å². The van der Waals surface area contributed by atoms with Gasteiger partial charge >= 0.3 is 0 Å². The van der Waals surface area contributed by atoms with Crippen molar-refractivity contribution >= 4 is 0 Å². The second-order valence-electron chi connectivity index (χ2n) is 3.21. The standard InChI is InChI=1S/C9H22N2O/c1-3-8(12-2)6-4-5-7-9(10)11/h8-9H,3-7,10-11H2,1-2H3. The number of rotatable bonds is 7. The topological polar surface area (TPSA) is 61.3 Å². The first-order chi connectivity index (χ1) is 5.70. The Balaban J connectivity index is 3.17. The van der Waals surface area contributed by atoms with Gasteiger partial charge in [-0.15, -0.1) is 0 Å². The minimum atomic E-state index is -0.146. The molecule has 1 unspecified atom stereocenters. The molecule has 4 N–H and O–H groups in total. The quantitative estimate of drug-likeness (QED) is 0.450. The highest BCUT2D eigenvalue weighted by Gasteiger charge is 2.03. The minimum absolute atomic E-state index is 0.146. The molecule has 3 nitrogen and oxygen atoms in total. The Hall–Kier alpha value is -0.120. The molecular weight excluding hydrogens is 152 g/mol. The van der Waals surface area contributed by atoms with E-state index in [1.54, 1.807) is 7.11 Å². The predicted molar refractivity (Wildman–Crippen MR) is 51.7 cm³/mol. The van der Waals surface area contributed by atoms with E-state index in [1.807, 2.05) is 0 Å². The van der Waals surface area contributed by atoms with Crippen LogP contribution in [0, 0.1) is 0 Å². The monoisotopic (exact) mass is 174 g/mol. The molecular formula is C9H22N2O. The molecule has 0 bridgehead atoms. The molecule has 0 aliphatic heterocycles. The van der Waals surface area contributed by atoms with E-state index < -0.39 is 0 Å². The lowest BCUT2D eigenvalue weighted by atomic mass is 10.1. The Kier molecular flexibility index (Phi) is 7.45. The zero-order valence-corrected chi connectivity index (χ0v) is 8.25. The first-order valence-electron chi connectivity index (χ1n) is 4.74. The average molecular weight is 174 g/mol. The molecule has 0 rings (SSSR count). The fraction of sp³-hybridized carbons (Fsp3) is 1.00. The summed E-state index contributed by atoms with van der Waals surface area (Å²) < 4.78 is 5.24. The van der Waals surface area contributed by atoms with Crippen molar-refractivity contribution in [3.05, 3.63) is 0 Å². The first-order valence-corrected chi connectivity index (χ1v) is 4.74. The highest BCUT2D eigenvalue weighted by Crippen LogP contribution is 2.08. The smallest absolute Gasteiger partial charge is 0.0568 e. The van der Waals surface area contributed by atoms with Gasteiger partial charge in [-0.25, -0.2) is 0 Å². The fourth-order valence-electron chi connectivity index (χ4n) is 1.24. The molecule has 0 aromatic rings. The van der Waals surface area contributed by atoms with Crippen LogP contribution in [-0.4, -0.2) is 19.4 Å². The minimum Gasteiger partial charge on any atom is -0.381 e. The van der Waals surface area contributed by atoms with Crippen molar-refractivity contribution in [3.8, 4) is 0 Å². The Morgan fingerprint density at radius 1 is 1.17 bits per heavy atom. The van der Waals surface area contributed by atoms with Crippen LogP contribution in [-0.2, 0) is 4.74 Å². The number of nitrogens with two attached hydrogens (primary N) is 2.